The van der Waals surface area contributed by atoms with E-state index in [0.717, 1.165) is 39.0 Å². The number of halogens is 1. The molecule has 6 heteroatoms. The molecule has 2 heterocycles. The van der Waals surface area contributed by atoms with Crippen molar-refractivity contribution in [2.24, 2.45) is 5.92 Å². The van der Waals surface area contributed by atoms with Gasteiger partial charge in [-0.2, -0.15) is 0 Å². The molecule has 1 unspecified atom stereocenters. The van der Waals surface area contributed by atoms with Crippen LogP contribution in [-0.2, 0) is 4.79 Å². The standard InChI is InChI=1S/C23H26ClN3O2/c24-21-11-5-4-10-20(21)23(29)27-12-6-7-18(17-27)22(28)26-15-13-25(14-16-26)19-8-2-1-3-9-19/h1-5,8-11,18H,6-7,12-17H2. The maximum absolute atomic E-state index is 13.1. The first kappa shape index (κ1) is 19.8. The van der Waals surface area contributed by atoms with Crippen molar-refractivity contribution in [2.75, 3.05) is 44.2 Å². The van der Waals surface area contributed by atoms with Crippen LogP contribution < -0.4 is 4.90 Å². The number of carbonyl (C=O) groups excluding carboxylic acids is 2. The van der Waals surface area contributed by atoms with Crippen LogP contribution in [0.5, 0.6) is 0 Å². The van der Waals surface area contributed by atoms with Crippen molar-refractivity contribution >= 4 is 29.1 Å². The van der Waals surface area contributed by atoms with E-state index in [1.54, 1.807) is 17.0 Å². The van der Waals surface area contributed by atoms with Gasteiger partial charge < -0.3 is 14.7 Å². The molecule has 2 aliphatic rings. The van der Waals surface area contributed by atoms with Gasteiger partial charge in [-0.1, -0.05) is 41.9 Å². The Kier molecular flexibility index (Phi) is 6.05. The monoisotopic (exact) mass is 411 g/mol. The summed E-state index contributed by atoms with van der Waals surface area (Å²) in [6.45, 7) is 4.28. The summed E-state index contributed by atoms with van der Waals surface area (Å²) in [5.74, 6) is -0.0326. The zero-order valence-corrected chi connectivity index (χ0v) is 17.2. The summed E-state index contributed by atoms with van der Waals surface area (Å²) < 4.78 is 0. The van der Waals surface area contributed by atoms with Crippen molar-refractivity contribution in [3.05, 3.63) is 65.2 Å². The number of rotatable bonds is 3. The highest BCUT2D eigenvalue weighted by Crippen LogP contribution is 2.24. The molecule has 0 saturated carbocycles. The van der Waals surface area contributed by atoms with Gasteiger partial charge in [0.2, 0.25) is 5.91 Å². The number of para-hydroxylation sites is 1. The van der Waals surface area contributed by atoms with Crippen LogP contribution in [-0.4, -0.2) is 60.9 Å². The van der Waals surface area contributed by atoms with Crippen molar-refractivity contribution in [1.82, 2.24) is 9.80 Å². The Hall–Kier alpha value is -2.53. The average Bonchev–Trinajstić information content (AvgIpc) is 2.79. The van der Waals surface area contributed by atoms with Crippen LogP contribution in [0.2, 0.25) is 5.02 Å². The van der Waals surface area contributed by atoms with Crippen LogP contribution in [0.4, 0.5) is 5.69 Å². The third kappa shape index (κ3) is 4.40. The van der Waals surface area contributed by atoms with Crippen LogP contribution in [0.1, 0.15) is 23.2 Å². The first-order chi connectivity index (χ1) is 14.1. The Morgan fingerprint density at radius 2 is 1.52 bits per heavy atom. The molecule has 0 aromatic heterocycles. The number of piperazine rings is 1. The Bertz CT molecular complexity index is 865. The fraction of sp³-hybridized carbons (Fsp3) is 0.391. The largest absolute Gasteiger partial charge is 0.368 e. The molecule has 0 N–H and O–H groups in total. The van der Waals surface area contributed by atoms with Crippen LogP contribution in [0, 0.1) is 5.92 Å². The predicted octanol–water partition coefficient (Wildman–Crippen LogP) is 3.54. The highest BCUT2D eigenvalue weighted by molar-refractivity contribution is 6.33. The minimum atomic E-state index is -0.126. The predicted molar refractivity (Wildman–Crippen MR) is 115 cm³/mol. The summed E-state index contributed by atoms with van der Waals surface area (Å²) >= 11 is 6.20. The second-order valence-electron chi connectivity index (χ2n) is 7.72. The van der Waals surface area contributed by atoms with E-state index in [0.29, 0.717) is 23.7 Å². The summed E-state index contributed by atoms with van der Waals surface area (Å²) in [5.41, 5.74) is 1.72. The molecule has 0 spiro atoms. The lowest BCUT2D eigenvalue weighted by Crippen LogP contribution is -2.53. The van der Waals surface area contributed by atoms with E-state index < -0.39 is 0 Å². The Balaban J connectivity index is 1.36. The van der Waals surface area contributed by atoms with E-state index >= 15 is 0 Å². The fourth-order valence-electron chi connectivity index (χ4n) is 4.25. The van der Waals surface area contributed by atoms with Gasteiger partial charge in [-0.25, -0.2) is 0 Å². The zero-order valence-electron chi connectivity index (χ0n) is 16.5. The van der Waals surface area contributed by atoms with E-state index in [9.17, 15) is 9.59 Å². The van der Waals surface area contributed by atoms with Crippen LogP contribution in [0.3, 0.4) is 0 Å². The summed E-state index contributed by atoms with van der Waals surface area (Å²) in [7, 11) is 0. The van der Waals surface area contributed by atoms with Crippen molar-refractivity contribution in [3.8, 4) is 0 Å². The second kappa shape index (κ2) is 8.87. The molecule has 0 radical (unpaired) electrons. The van der Waals surface area contributed by atoms with Gasteiger partial charge in [-0.3, -0.25) is 9.59 Å². The van der Waals surface area contributed by atoms with E-state index in [1.165, 1.54) is 5.69 Å². The second-order valence-corrected chi connectivity index (χ2v) is 8.13. The van der Waals surface area contributed by atoms with E-state index in [4.69, 9.17) is 11.6 Å². The van der Waals surface area contributed by atoms with Crippen molar-refractivity contribution in [3.63, 3.8) is 0 Å². The molecule has 2 fully saturated rings. The summed E-state index contributed by atoms with van der Waals surface area (Å²) in [4.78, 5) is 32.1. The van der Waals surface area contributed by atoms with Crippen LogP contribution >= 0.6 is 11.6 Å². The molecular weight excluding hydrogens is 386 g/mol. The van der Waals surface area contributed by atoms with Gasteiger partial charge in [-0.05, 0) is 37.1 Å². The summed E-state index contributed by atoms with van der Waals surface area (Å²) in [6.07, 6.45) is 1.68. The third-order valence-corrected chi connectivity index (χ3v) is 6.20. The molecule has 29 heavy (non-hydrogen) atoms. The highest BCUT2D eigenvalue weighted by Gasteiger charge is 2.33. The number of amides is 2. The van der Waals surface area contributed by atoms with Crippen LogP contribution in [0.15, 0.2) is 54.6 Å². The topological polar surface area (TPSA) is 43.9 Å². The van der Waals surface area contributed by atoms with Gasteiger partial charge in [0.25, 0.3) is 5.91 Å². The van der Waals surface area contributed by atoms with Gasteiger partial charge in [0, 0.05) is 45.0 Å². The normalized spacial score (nSPS) is 19.9. The summed E-state index contributed by atoms with van der Waals surface area (Å²) in [5, 5.41) is 0.461. The highest BCUT2D eigenvalue weighted by atomic mass is 35.5. The Morgan fingerprint density at radius 1 is 0.828 bits per heavy atom. The lowest BCUT2D eigenvalue weighted by Gasteiger charge is -2.39. The van der Waals surface area contributed by atoms with E-state index in [2.05, 4.69) is 17.0 Å². The quantitative estimate of drug-likeness (QED) is 0.775. The maximum atomic E-state index is 13.1. The first-order valence-corrected chi connectivity index (χ1v) is 10.6. The Morgan fingerprint density at radius 3 is 2.24 bits per heavy atom. The molecule has 2 aromatic carbocycles. The molecule has 1 atom stereocenters. The number of hydrogen-bond donors (Lipinski definition) is 0. The minimum Gasteiger partial charge on any atom is -0.368 e. The lowest BCUT2D eigenvalue weighted by atomic mass is 9.95. The maximum Gasteiger partial charge on any atom is 0.255 e. The van der Waals surface area contributed by atoms with Gasteiger partial charge >= 0.3 is 0 Å². The molecule has 152 valence electrons. The zero-order chi connectivity index (χ0) is 20.2. The third-order valence-electron chi connectivity index (χ3n) is 5.87. The van der Waals surface area contributed by atoms with Crippen molar-refractivity contribution in [2.45, 2.75) is 12.8 Å². The average molecular weight is 412 g/mol. The van der Waals surface area contributed by atoms with Crippen LogP contribution in [0.25, 0.3) is 0 Å². The number of carbonyl (C=O) groups is 2. The van der Waals surface area contributed by atoms with E-state index in [-0.39, 0.29) is 17.7 Å². The molecule has 2 aromatic rings. The van der Waals surface area contributed by atoms with Gasteiger partial charge in [0.15, 0.2) is 0 Å². The minimum absolute atomic E-state index is 0.0815. The number of piperidine rings is 1. The molecule has 4 rings (SSSR count). The smallest absolute Gasteiger partial charge is 0.255 e. The number of benzene rings is 2. The molecule has 0 bridgehead atoms. The molecule has 2 aliphatic heterocycles. The van der Waals surface area contributed by atoms with Crippen molar-refractivity contribution < 1.29 is 9.59 Å². The lowest BCUT2D eigenvalue weighted by molar-refractivity contribution is -0.137. The summed E-state index contributed by atoms with van der Waals surface area (Å²) in [6, 6.07) is 17.4. The van der Waals surface area contributed by atoms with Gasteiger partial charge in [0.05, 0.1) is 16.5 Å². The number of anilines is 1. The van der Waals surface area contributed by atoms with E-state index in [1.807, 2.05) is 35.2 Å². The SMILES string of the molecule is O=C(c1ccccc1Cl)N1CCCC(C(=O)N2CCN(c3ccccc3)CC2)C1. The van der Waals surface area contributed by atoms with Gasteiger partial charge in [0.1, 0.15) is 0 Å². The molecule has 0 aliphatic carbocycles. The number of nitrogens with zero attached hydrogens (tertiary/aromatic N) is 3. The fourth-order valence-corrected chi connectivity index (χ4v) is 4.47. The molecule has 2 amide bonds. The van der Waals surface area contributed by atoms with Crippen molar-refractivity contribution in [1.29, 1.82) is 0 Å². The molecule has 5 nitrogen and oxygen atoms in total. The Labute approximate surface area is 176 Å². The number of likely N-dealkylation sites (tertiary alicyclic amines) is 1. The molecular formula is C23H26ClN3O2. The molecule has 2 saturated heterocycles. The van der Waals surface area contributed by atoms with Gasteiger partial charge in [-0.15, -0.1) is 0 Å². The first-order valence-electron chi connectivity index (χ1n) is 10.3. The number of hydrogen-bond acceptors (Lipinski definition) is 3.